The summed E-state index contributed by atoms with van der Waals surface area (Å²) < 4.78 is 11.8. The van der Waals surface area contributed by atoms with Gasteiger partial charge in [0.15, 0.2) is 23.0 Å². The van der Waals surface area contributed by atoms with Gasteiger partial charge in [0.2, 0.25) is 0 Å². The van der Waals surface area contributed by atoms with E-state index in [-0.39, 0.29) is 53.1 Å². The van der Waals surface area contributed by atoms with Crippen molar-refractivity contribution in [3.63, 3.8) is 0 Å². The zero-order valence-corrected chi connectivity index (χ0v) is 15.7. The molecule has 21 heavy (non-hydrogen) atoms. The van der Waals surface area contributed by atoms with E-state index in [2.05, 4.69) is 15.9 Å². The Morgan fingerprint density at radius 1 is 0.619 bits per heavy atom. The van der Waals surface area contributed by atoms with Gasteiger partial charge in [-0.2, -0.15) is 0 Å². The highest BCUT2D eigenvalue weighted by Gasteiger charge is 2.32. The number of ether oxygens (including phenoxy) is 2. The second-order valence-electron chi connectivity index (χ2n) is 3.93. The van der Waals surface area contributed by atoms with Crippen LogP contribution in [-0.2, 0) is 0 Å². The fraction of sp³-hybridized carbons (Fsp3) is 0. The minimum absolute atomic E-state index is 0.104. The number of hydrogen-bond donors (Lipinski definition) is 0. The lowest BCUT2D eigenvalue weighted by Gasteiger charge is -2.25. The zero-order chi connectivity index (χ0) is 15.5. The van der Waals surface area contributed by atoms with Crippen LogP contribution in [0, 0.1) is 0 Å². The molecule has 0 fully saturated rings. The smallest absolute Gasteiger partial charge is 0.191 e. The van der Waals surface area contributed by atoms with Crippen LogP contribution in [0.1, 0.15) is 0 Å². The first-order valence-electron chi connectivity index (χ1n) is 5.22. The predicted octanol–water partition coefficient (Wildman–Crippen LogP) is 8.27. The van der Waals surface area contributed by atoms with E-state index in [1.807, 2.05) is 0 Å². The molecule has 2 aromatic carbocycles. The second kappa shape index (κ2) is 5.72. The molecule has 1 heterocycles. The molecule has 0 saturated heterocycles. The lowest BCUT2D eigenvalue weighted by Crippen LogP contribution is -2.02. The van der Waals surface area contributed by atoms with Gasteiger partial charge in [-0.05, 0) is 22.0 Å². The zero-order valence-electron chi connectivity index (χ0n) is 9.54. The fourth-order valence-electron chi connectivity index (χ4n) is 1.72. The third kappa shape index (κ3) is 2.47. The van der Waals surface area contributed by atoms with E-state index in [4.69, 9.17) is 79.1 Å². The summed E-state index contributed by atoms with van der Waals surface area (Å²) in [5.41, 5.74) is 0. The van der Waals surface area contributed by atoms with Crippen LogP contribution in [0.2, 0.25) is 30.1 Å². The predicted molar refractivity (Wildman–Crippen MR) is 90.8 cm³/mol. The maximum absolute atomic E-state index is 6.13. The molecule has 0 spiro atoms. The van der Waals surface area contributed by atoms with E-state index in [0.29, 0.717) is 4.47 Å². The average Bonchev–Trinajstić information content (AvgIpc) is 2.47. The monoisotopic (exact) mass is 466 g/mol. The van der Waals surface area contributed by atoms with E-state index < -0.39 is 0 Å². The highest BCUT2D eigenvalue weighted by atomic mass is 79.9. The Morgan fingerprint density at radius 2 is 1.19 bits per heavy atom. The Hall–Kier alpha value is 0.260. The van der Waals surface area contributed by atoms with Gasteiger partial charge in [-0.1, -0.05) is 69.6 Å². The SMILES string of the molecule is Clc1cc(Cl)c2c(c1Cl)Oc1c(Br)c(Cl)c(Cl)c(Cl)c1O2. The standard InChI is InChI=1S/C12HBrCl6O2/c13-4-6(17)7(18)8(19)12-10(4)21-11-5(16)2(14)1-3(15)9(11)20-12/h1H. The summed E-state index contributed by atoms with van der Waals surface area (Å²) in [6.07, 6.45) is 0. The lowest BCUT2D eigenvalue weighted by atomic mass is 10.2. The van der Waals surface area contributed by atoms with Crippen molar-refractivity contribution in [1.29, 1.82) is 0 Å². The molecule has 2 aromatic rings. The molecular formula is C12HBrCl6O2. The number of halogens is 7. The summed E-state index contributed by atoms with van der Waals surface area (Å²) in [5.74, 6) is 0.801. The number of rotatable bonds is 0. The van der Waals surface area contributed by atoms with Gasteiger partial charge in [-0.3, -0.25) is 0 Å². The molecule has 0 atom stereocenters. The molecule has 1 aliphatic heterocycles. The van der Waals surface area contributed by atoms with Crippen molar-refractivity contribution >= 4 is 85.5 Å². The maximum atomic E-state index is 6.13. The molecule has 110 valence electrons. The topological polar surface area (TPSA) is 18.5 Å². The summed E-state index contributed by atoms with van der Waals surface area (Å²) >= 11 is 39.7. The molecule has 1 aliphatic rings. The van der Waals surface area contributed by atoms with Crippen LogP contribution in [0.3, 0.4) is 0 Å². The Bertz CT molecular complexity index is 793. The third-order valence-electron chi connectivity index (χ3n) is 2.68. The third-order valence-corrected chi connectivity index (χ3v) is 6.02. The average molecular weight is 470 g/mol. The van der Waals surface area contributed by atoms with Crippen LogP contribution in [-0.4, -0.2) is 0 Å². The van der Waals surface area contributed by atoms with Crippen LogP contribution in [0.15, 0.2) is 10.5 Å². The molecule has 0 N–H and O–H groups in total. The first-order chi connectivity index (χ1) is 9.82. The fourth-order valence-corrected chi connectivity index (χ4v) is 3.59. The van der Waals surface area contributed by atoms with Crippen molar-refractivity contribution in [1.82, 2.24) is 0 Å². The van der Waals surface area contributed by atoms with Crippen LogP contribution in [0.5, 0.6) is 23.0 Å². The van der Waals surface area contributed by atoms with Crippen LogP contribution in [0.25, 0.3) is 0 Å². The molecule has 0 unspecified atom stereocenters. The van der Waals surface area contributed by atoms with Crippen molar-refractivity contribution in [3.05, 3.63) is 40.7 Å². The normalized spacial score (nSPS) is 12.3. The van der Waals surface area contributed by atoms with Gasteiger partial charge in [-0.15, -0.1) is 0 Å². The van der Waals surface area contributed by atoms with Gasteiger partial charge in [0.25, 0.3) is 0 Å². The van der Waals surface area contributed by atoms with Crippen molar-refractivity contribution in [2.24, 2.45) is 0 Å². The summed E-state index contributed by atoms with van der Waals surface area (Å²) in [6.45, 7) is 0. The van der Waals surface area contributed by atoms with Gasteiger partial charge < -0.3 is 9.47 Å². The van der Waals surface area contributed by atoms with Crippen LogP contribution in [0.4, 0.5) is 0 Å². The summed E-state index contributed by atoms with van der Waals surface area (Å²) in [5, 5.41) is 1.05. The van der Waals surface area contributed by atoms with Gasteiger partial charge in [-0.25, -0.2) is 0 Å². The molecule has 0 saturated carbocycles. The largest absolute Gasteiger partial charge is 0.446 e. The number of fused-ring (bicyclic) bond motifs is 2. The Labute approximate surface area is 157 Å². The van der Waals surface area contributed by atoms with E-state index in [9.17, 15) is 0 Å². The van der Waals surface area contributed by atoms with Gasteiger partial charge >= 0.3 is 0 Å². The summed E-state index contributed by atoms with van der Waals surface area (Å²) in [4.78, 5) is 0. The molecule has 0 aliphatic carbocycles. The van der Waals surface area contributed by atoms with Crippen molar-refractivity contribution in [2.75, 3.05) is 0 Å². The van der Waals surface area contributed by atoms with Gasteiger partial charge in [0.1, 0.15) is 10.0 Å². The van der Waals surface area contributed by atoms with E-state index in [0.717, 1.165) is 0 Å². The molecular weight excluding hydrogens is 469 g/mol. The second-order valence-corrected chi connectivity index (χ2v) is 7.05. The van der Waals surface area contributed by atoms with E-state index >= 15 is 0 Å². The number of hydrogen-bond acceptors (Lipinski definition) is 2. The summed E-state index contributed by atoms with van der Waals surface area (Å²) in [6, 6.07) is 1.44. The van der Waals surface area contributed by atoms with E-state index in [1.165, 1.54) is 6.07 Å². The molecule has 0 radical (unpaired) electrons. The maximum Gasteiger partial charge on any atom is 0.191 e. The Kier molecular flexibility index (Phi) is 4.39. The van der Waals surface area contributed by atoms with Crippen molar-refractivity contribution < 1.29 is 9.47 Å². The minimum Gasteiger partial charge on any atom is -0.446 e. The van der Waals surface area contributed by atoms with Crippen molar-refractivity contribution in [2.45, 2.75) is 0 Å². The van der Waals surface area contributed by atoms with Crippen molar-refractivity contribution in [3.8, 4) is 23.0 Å². The molecule has 0 aromatic heterocycles. The lowest BCUT2D eigenvalue weighted by molar-refractivity contribution is 0.358. The summed E-state index contributed by atoms with van der Waals surface area (Å²) in [7, 11) is 0. The Balaban J connectivity index is 2.30. The molecule has 9 heteroatoms. The quantitative estimate of drug-likeness (QED) is 0.244. The minimum atomic E-state index is 0.104. The Morgan fingerprint density at radius 3 is 1.86 bits per heavy atom. The van der Waals surface area contributed by atoms with Crippen LogP contribution >= 0.6 is 85.5 Å². The highest BCUT2D eigenvalue weighted by Crippen LogP contribution is 2.60. The van der Waals surface area contributed by atoms with Gasteiger partial charge in [0, 0.05) is 0 Å². The highest BCUT2D eigenvalue weighted by molar-refractivity contribution is 9.10. The number of benzene rings is 2. The molecule has 0 bridgehead atoms. The first kappa shape index (κ1) is 16.1. The molecule has 0 amide bonds. The van der Waals surface area contributed by atoms with Gasteiger partial charge in [0.05, 0.1) is 24.6 Å². The van der Waals surface area contributed by atoms with Crippen LogP contribution < -0.4 is 9.47 Å². The molecule has 2 nitrogen and oxygen atoms in total. The first-order valence-corrected chi connectivity index (χ1v) is 8.28. The van der Waals surface area contributed by atoms with E-state index in [1.54, 1.807) is 0 Å². The molecule has 3 rings (SSSR count).